The van der Waals surface area contributed by atoms with Crippen LogP contribution < -0.4 is 10.6 Å². The normalized spacial score (nSPS) is 17.0. The summed E-state index contributed by atoms with van der Waals surface area (Å²) in [6.07, 6.45) is 0. The Labute approximate surface area is 126 Å². The van der Waals surface area contributed by atoms with E-state index >= 15 is 0 Å². The zero-order valence-corrected chi connectivity index (χ0v) is 12.0. The zero-order valence-electron chi connectivity index (χ0n) is 10.5. The summed E-state index contributed by atoms with van der Waals surface area (Å²) in [6, 6.07) is 14.5. The highest BCUT2D eigenvalue weighted by Crippen LogP contribution is 2.33. The van der Waals surface area contributed by atoms with E-state index in [1.54, 1.807) is 24.3 Å². The Morgan fingerprint density at radius 2 is 1.30 bits per heavy atom. The first-order chi connectivity index (χ1) is 9.63. The molecule has 0 bridgehead atoms. The molecule has 1 fully saturated rings. The second kappa shape index (κ2) is 5.09. The molecular formula is C15H12Cl2N2O. The van der Waals surface area contributed by atoms with Crippen molar-refractivity contribution in [1.29, 1.82) is 0 Å². The van der Waals surface area contributed by atoms with E-state index in [0.717, 1.165) is 11.1 Å². The molecule has 102 valence electrons. The van der Waals surface area contributed by atoms with Gasteiger partial charge >= 0.3 is 0 Å². The van der Waals surface area contributed by atoms with Gasteiger partial charge in [0.2, 0.25) is 0 Å². The van der Waals surface area contributed by atoms with Crippen molar-refractivity contribution in [3.05, 3.63) is 69.7 Å². The number of hydrogen-bond donors (Lipinski definition) is 2. The van der Waals surface area contributed by atoms with Gasteiger partial charge in [-0.2, -0.15) is 0 Å². The number of nitrogens with one attached hydrogen (secondary N) is 2. The number of carbonyl (C=O) groups is 1. The minimum absolute atomic E-state index is 0.0813. The summed E-state index contributed by atoms with van der Waals surface area (Å²) in [5.74, 6) is -0.0813. The molecule has 3 rings (SSSR count). The standard InChI is InChI=1S/C15H12Cl2N2O/c16-12-5-1-10(2-6-12)15(14(20)18-9-19-15)11-3-7-13(17)8-4-11/h1-8,19H,9H2,(H,18,20). The molecule has 2 aromatic rings. The summed E-state index contributed by atoms with van der Waals surface area (Å²) in [5.41, 5.74) is 0.799. The summed E-state index contributed by atoms with van der Waals surface area (Å²) in [4.78, 5) is 12.4. The van der Waals surface area contributed by atoms with Crippen molar-refractivity contribution in [1.82, 2.24) is 10.6 Å². The third-order valence-corrected chi connectivity index (χ3v) is 4.00. The average molecular weight is 307 g/mol. The molecule has 1 heterocycles. The molecule has 0 saturated carbocycles. The Morgan fingerprint density at radius 3 is 1.65 bits per heavy atom. The van der Waals surface area contributed by atoms with Crippen molar-refractivity contribution < 1.29 is 4.79 Å². The van der Waals surface area contributed by atoms with Crippen molar-refractivity contribution in [2.75, 3.05) is 6.67 Å². The van der Waals surface area contributed by atoms with Gasteiger partial charge in [0, 0.05) is 10.0 Å². The summed E-state index contributed by atoms with van der Waals surface area (Å²) < 4.78 is 0. The summed E-state index contributed by atoms with van der Waals surface area (Å²) in [6.45, 7) is 0.421. The predicted molar refractivity (Wildman–Crippen MR) is 79.8 cm³/mol. The van der Waals surface area contributed by atoms with Gasteiger partial charge in [0.1, 0.15) is 0 Å². The molecule has 1 aliphatic rings. The van der Waals surface area contributed by atoms with Gasteiger partial charge in [0.05, 0.1) is 6.67 Å². The van der Waals surface area contributed by atoms with Gasteiger partial charge in [-0.05, 0) is 35.4 Å². The van der Waals surface area contributed by atoms with Crippen molar-refractivity contribution in [2.24, 2.45) is 0 Å². The molecule has 0 aromatic heterocycles. The second-order valence-corrected chi connectivity index (χ2v) is 5.50. The molecule has 0 radical (unpaired) electrons. The van der Waals surface area contributed by atoms with E-state index in [0.29, 0.717) is 16.7 Å². The van der Waals surface area contributed by atoms with Crippen LogP contribution in [0.4, 0.5) is 0 Å². The first-order valence-corrected chi connectivity index (χ1v) is 6.94. The van der Waals surface area contributed by atoms with E-state index in [4.69, 9.17) is 23.2 Å². The predicted octanol–water partition coefficient (Wildman–Crippen LogP) is 2.91. The van der Waals surface area contributed by atoms with Gasteiger partial charge in [-0.1, -0.05) is 47.5 Å². The average Bonchev–Trinajstić information content (AvgIpc) is 2.83. The third kappa shape index (κ3) is 2.08. The van der Waals surface area contributed by atoms with Crippen LogP contribution in [0.5, 0.6) is 0 Å². The smallest absolute Gasteiger partial charge is 0.250 e. The van der Waals surface area contributed by atoms with E-state index in [2.05, 4.69) is 10.6 Å². The molecule has 0 aliphatic carbocycles. The van der Waals surface area contributed by atoms with Crippen LogP contribution in [0.3, 0.4) is 0 Å². The topological polar surface area (TPSA) is 41.1 Å². The molecule has 0 atom stereocenters. The minimum atomic E-state index is -0.894. The maximum Gasteiger partial charge on any atom is 0.250 e. The quantitative estimate of drug-likeness (QED) is 0.896. The molecule has 2 N–H and O–H groups in total. The van der Waals surface area contributed by atoms with Crippen LogP contribution in [0.25, 0.3) is 0 Å². The molecule has 5 heteroatoms. The highest BCUT2D eigenvalue weighted by atomic mass is 35.5. The van der Waals surface area contributed by atoms with Crippen LogP contribution in [-0.2, 0) is 10.3 Å². The van der Waals surface area contributed by atoms with Crippen LogP contribution in [-0.4, -0.2) is 12.6 Å². The zero-order chi connectivity index (χ0) is 14.2. The van der Waals surface area contributed by atoms with Gasteiger partial charge in [0.15, 0.2) is 5.54 Å². The Morgan fingerprint density at radius 1 is 0.850 bits per heavy atom. The summed E-state index contributed by atoms with van der Waals surface area (Å²) in [5, 5.41) is 7.34. The molecule has 1 amide bonds. The SMILES string of the molecule is O=C1NCNC1(c1ccc(Cl)cc1)c1ccc(Cl)cc1. The molecule has 1 aliphatic heterocycles. The molecular weight excluding hydrogens is 295 g/mol. The van der Waals surface area contributed by atoms with Crippen LogP contribution >= 0.6 is 23.2 Å². The fraction of sp³-hybridized carbons (Fsp3) is 0.133. The largest absolute Gasteiger partial charge is 0.341 e. The molecule has 1 saturated heterocycles. The highest BCUT2D eigenvalue weighted by molar-refractivity contribution is 6.30. The maximum absolute atomic E-state index is 12.4. The lowest BCUT2D eigenvalue weighted by atomic mass is 9.83. The maximum atomic E-state index is 12.4. The minimum Gasteiger partial charge on any atom is -0.341 e. The van der Waals surface area contributed by atoms with Crippen LogP contribution in [0.15, 0.2) is 48.5 Å². The number of rotatable bonds is 2. The molecule has 20 heavy (non-hydrogen) atoms. The number of hydrogen-bond acceptors (Lipinski definition) is 2. The van der Waals surface area contributed by atoms with Crippen LogP contribution in [0, 0.1) is 0 Å². The third-order valence-electron chi connectivity index (χ3n) is 3.50. The Hall–Kier alpha value is -1.55. The van der Waals surface area contributed by atoms with E-state index in [9.17, 15) is 4.79 Å². The van der Waals surface area contributed by atoms with Crippen molar-refractivity contribution >= 4 is 29.1 Å². The highest BCUT2D eigenvalue weighted by Gasteiger charge is 2.45. The van der Waals surface area contributed by atoms with Gasteiger partial charge in [0.25, 0.3) is 5.91 Å². The van der Waals surface area contributed by atoms with Gasteiger partial charge in [-0.25, -0.2) is 0 Å². The number of halogens is 2. The monoisotopic (exact) mass is 306 g/mol. The lowest BCUT2D eigenvalue weighted by Crippen LogP contribution is -2.44. The number of carbonyl (C=O) groups excluding carboxylic acids is 1. The summed E-state index contributed by atoms with van der Waals surface area (Å²) in [7, 11) is 0. The fourth-order valence-corrected chi connectivity index (χ4v) is 2.75. The Balaban J connectivity index is 2.17. The molecule has 2 aromatic carbocycles. The number of benzene rings is 2. The number of amides is 1. The molecule has 3 nitrogen and oxygen atoms in total. The van der Waals surface area contributed by atoms with Gasteiger partial charge in [-0.15, -0.1) is 0 Å². The van der Waals surface area contributed by atoms with E-state index in [1.165, 1.54) is 0 Å². The first kappa shape index (κ1) is 13.4. The van der Waals surface area contributed by atoms with E-state index in [1.807, 2.05) is 24.3 Å². The van der Waals surface area contributed by atoms with E-state index < -0.39 is 5.54 Å². The van der Waals surface area contributed by atoms with Gasteiger partial charge < -0.3 is 5.32 Å². The fourth-order valence-electron chi connectivity index (χ4n) is 2.50. The Kier molecular flexibility index (Phi) is 3.42. The first-order valence-electron chi connectivity index (χ1n) is 6.18. The lowest BCUT2D eigenvalue weighted by Gasteiger charge is -2.27. The van der Waals surface area contributed by atoms with Crippen molar-refractivity contribution in [3.63, 3.8) is 0 Å². The molecule has 0 unspecified atom stereocenters. The van der Waals surface area contributed by atoms with Gasteiger partial charge in [-0.3, -0.25) is 10.1 Å². The van der Waals surface area contributed by atoms with E-state index in [-0.39, 0.29) is 5.91 Å². The summed E-state index contributed by atoms with van der Waals surface area (Å²) >= 11 is 11.9. The van der Waals surface area contributed by atoms with Crippen LogP contribution in [0.1, 0.15) is 11.1 Å². The lowest BCUT2D eigenvalue weighted by molar-refractivity contribution is -0.123. The van der Waals surface area contributed by atoms with Crippen molar-refractivity contribution in [3.8, 4) is 0 Å². The Bertz CT molecular complexity index is 592. The molecule has 0 spiro atoms. The van der Waals surface area contributed by atoms with Crippen LogP contribution in [0.2, 0.25) is 10.0 Å². The van der Waals surface area contributed by atoms with Crippen molar-refractivity contribution in [2.45, 2.75) is 5.54 Å². The second-order valence-electron chi connectivity index (χ2n) is 4.62.